The first-order chi connectivity index (χ1) is 12.6. The fourth-order valence-electron chi connectivity index (χ4n) is 3.72. The third kappa shape index (κ3) is 3.29. The molecule has 7 heteroatoms. The molecule has 2 aliphatic rings. The predicted octanol–water partition coefficient (Wildman–Crippen LogP) is 2.98. The van der Waals surface area contributed by atoms with Gasteiger partial charge in [-0.25, -0.2) is 9.18 Å². The zero-order valence-electron chi connectivity index (χ0n) is 14.2. The Morgan fingerprint density at radius 1 is 1.31 bits per heavy atom. The van der Waals surface area contributed by atoms with Crippen molar-refractivity contribution in [2.45, 2.75) is 19.4 Å². The highest BCUT2D eigenvalue weighted by Crippen LogP contribution is 2.58. The van der Waals surface area contributed by atoms with E-state index in [0.29, 0.717) is 25.3 Å². The molecule has 0 radical (unpaired) electrons. The van der Waals surface area contributed by atoms with Crippen molar-refractivity contribution in [2.75, 3.05) is 18.4 Å². The largest absolute Gasteiger partial charge is 0.467 e. The number of halogens is 1. The number of carbonyl (C=O) groups excluding carboxylic acids is 2. The molecule has 1 aliphatic carbocycles. The Labute approximate surface area is 150 Å². The summed E-state index contributed by atoms with van der Waals surface area (Å²) in [5.74, 6) is 0.268. The number of hydrogen-bond donors (Lipinski definition) is 2. The van der Waals surface area contributed by atoms with Gasteiger partial charge in [0.1, 0.15) is 11.6 Å². The molecule has 1 aromatic heterocycles. The van der Waals surface area contributed by atoms with Gasteiger partial charge in [0, 0.05) is 30.1 Å². The van der Waals surface area contributed by atoms with Gasteiger partial charge in [-0.3, -0.25) is 4.79 Å². The molecule has 1 saturated carbocycles. The fraction of sp³-hybridized carbons (Fsp3) is 0.368. The van der Waals surface area contributed by atoms with Crippen LogP contribution >= 0.6 is 0 Å². The van der Waals surface area contributed by atoms with Crippen molar-refractivity contribution in [1.82, 2.24) is 10.2 Å². The third-order valence-corrected chi connectivity index (χ3v) is 5.27. The number of urea groups is 1. The van der Waals surface area contributed by atoms with Crippen molar-refractivity contribution >= 4 is 17.6 Å². The Morgan fingerprint density at radius 3 is 2.96 bits per heavy atom. The molecule has 1 aromatic carbocycles. The molecule has 1 spiro atoms. The number of nitrogens with one attached hydrogen (secondary N) is 2. The highest BCUT2D eigenvalue weighted by molar-refractivity contribution is 5.90. The van der Waals surface area contributed by atoms with Crippen LogP contribution in [0.3, 0.4) is 0 Å². The second-order valence-electron chi connectivity index (χ2n) is 7.03. The summed E-state index contributed by atoms with van der Waals surface area (Å²) in [4.78, 5) is 26.4. The number of anilines is 1. The lowest BCUT2D eigenvalue weighted by atomic mass is 10.0. The molecular formula is C19H20FN3O3. The van der Waals surface area contributed by atoms with E-state index < -0.39 is 5.82 Å². The molecule has 136 valence electrons. The predicted molar refractivity (Wildman–Crippen MR) is 92.7 cm³/mol. The van der Waals surface area contributed by atoms with Crippen LogP contribution in [0.15, 0.2) is 47.1 Å². The molecule has 2 heterocycles. The molecule has 3 amide bonds. The minimum absolute atomic E-state index is 0.00814. The minimum Gasteiger partial charge on any atom is -0.467 e. The normalized spacial score (nSPS) is 23.9. The van der Waals surface area contributed by atoms with Crippen molar-refractivity contribution < 1.29 is 18.4 Å². The molecule has 1 aliphatic heterocycles. The van der Waals surface area contributed by atoms with Gasteiger partial charge < -0.3 is 20.0 Å². The van der Waals surface area contributed by atoms with Gasteiger partial charge in [0.2, 0.25) is 5.91 Å². The summed E-state index contributed by atoms with van der Waals surface area (Å²) in [7, 11) is 0. The van der Waals surface area contributed by atoms with Gasteiger partial charge in [0.25, 0.3) is 0 Å². The standard InChI is InChI=1S/C19H20FN3O3/c20-13-3-1-4-14(9-13)22-18(25)23-7-6-19(12-23)10-16(19)17(24)21-11-15-5-2-8-26-15/h1-5,8-9,16H,6-7,10-12H2,(H,21,24)(H,22,25)/t16-,19-/m0/s1. The van der Waals surface area contributed by atoms with E-state index in [-0.39, 0.29) is 23.3 Å². The van der Waals surface area contributed by atoms with Gasteiger partial charge in [-0.15, -0.1) is 0 Å². The zero-order valence-corrected chi connectivity index (χ0v) is 14.2. The summed E-state index contributed by atoms with van der Waals surface area (Å²) in [5.41, 5.74) is 0.312. The topological polar surface area (TPSA) is 74.6 Å². The second kappa shape index (κ2) is 6.48. The van der Waals surface area contributed by atoms with Crippen LogP contribution in [-0.4, -0.2) is 29.9 Å². The quantitative estimate of drug-likeness (QED) is 0.883. The molecule has 2 fully saturated rings. The maximum atomic E-state index is 13.2. The van der Waals surface area contributed by atoms with E-state index in [4.69, 9.17) is 4.42 Å². The van der Waals surface area contributed by atoms with Crippen LogP contribution in [0.1, 0.15) is 18.6 Å². The summed E-state index contributed by atoms with van der Waals surface area (Å²) >= 11 is 0. The average Bonchev–Trinajstić information content (AvgIpc) is 2.97. The highest BCUT2D eigenvalue weighted by atomic mass is 19.1. The lowest BCUT2D eigenvalue weighted by Gasteiger charge is -2.17. The molecule has 0 bridgehead atoms. The minimum atomic E-state index is -0.392. The number of carbonyl (C=O) groups is 2. The van der Waals surface area contributed by atoms with Crippen molar-refractivity contribution in [3.8, 4) is 0 Å². The number of hydrogen-bond acceptors (Lipinski definition) is 3. The Balaban J connectivity index is 1.29. The third-order valence-electron chi connectivity index (χ3n) is 5.27. The van der Waals surface area contributed by atoms with E-state index in [0.717, 1.165) is 18.6 Å². The van der Waals surface area contributed by atoms with Gasteiger partial charge in [-0.2, -0.15) is 0 Å². The molecular weight excluding hydrogens is 337 g/mol. The van der Waals surface area contributed by atoms with Crippen LogP contribution in [0, 0.1) is 17.2 Å². The number of likely N-dealkylation sites (tertiary alicyclic amines) is 1. The van der Waals surface area contributed by atoms with Crippen molar-refractivity contribution in [2.24, 2.45) is 11.3 Å². The van der Waals surface area contributed by atoms with Gasteiger partial charge in [0.15, 0.2) is 0 Å². The van der Waals surface area contributed by atoms with Crippen LogP contribution < -0.4 is 10.6 Å². The smallest absolute Gasteiger partial charge is 0.321 e. The van der Waals surface area contributed by atoms with Crippen LogP contribution in [0.5, 0.6) is 0 Å². The SMILES string of the molecule is O=C(NCc1ccco1)[C@@H]1C[C@]12CCN(C(=O)Nc1cccc(F)c1)C2. The molecule has 4 rings (SSSR count). The summed E-state index contributed by atoms with van der Waals surface area (Å²) in [6.07, 6.45) is 3.18. The number of rotatable bonds is 4. The van der Waals surface area contributed by atoms with Gasteiger partial charge in [-0.05, 0) is 43.2 Å². The highest BCUT2D eigenvalue weighted by Gasteiger charge is 2.61. The molecule has 2 aromatic rings. The first-order valence-electron chi connectivity index (χ1n) is 8.67. The average molecular weight is 357 g/mol. The number of nitrogens with zero attached hydrogens (tertiary/aromatic N) is 1. The van der Waals surface area contributed by atoms with Gasteiger partial charge in [-0.1, -0.05) is 6.07 Å². The molecule has 6 nitrogen and oxygen atoms in total. The van der Waals surface area contributed by atoms with E-state index in [1.807, 2.05) is 6.07 Å². The van der Waals surface area contributed by atoms with Crippen molar-refractivity contribution in [1.29, 1.82) is 0 Å². The summed E-state index contributed by atoms with van der Waals surface area (Å²) in [5, 5.41) is 5.61. The molecule has 26 heavy (non-hydrogen) atoms. The summed E-state index contributed by atoms with van der Waals surface area (Å²) in [6.45, 7) is 1.53. The lowest BCUT2D eigenvalue weighted by molar-refractivity contribution is -0.123. The van der Waals surface area contributed by atoms with Crippen molar-refractivity contribution in [3.63, 3.8) is 0 Å². The van der Waals surface area contributed by atoms with Gasteiger partial charge in [0.05, 0.1) is 12.8 Å². The molecule has 2 atom stereocenters. The lowest BCUT2D eigenvalue weighted by Crippen LogP contribution is -2.34. The van der Waals surface area contributed by atoms with E-state index in [9.17, 15) is 14.0 Å². The summed E-state index contributed by atoms with van der Waals surface area (Å²) < 4.78 is 18.4. The fourth-order valence-corrected chi connectivity index (χ4v) is 3.72. The molecule has 0 unspecified atom stereocenters. The second-order valence-corrected chi connectivity index (χ2v) is 7.03. The maximum Gasteiger partial charge on any atom is 0.321 e. The van der Waals surface area contributed by atoms with E-state index >= 15 is 0 Å². The van der Waals surface area contributed by atoms with E-state index in [1.54, 1.807) is 29.4 Å². The van der Waals surface area contributed by atoms with Crippen LogP contribution in [0.2, 0.25) is 0 Å². The van der Waals surface area contributed by atoms with Crippen molar-refractivity contribution in [3.05, 3.63) is 54.2 Å². The van der Waals surface area contributed by atoms with Crippen LogP contribution in [-0.2, 0) is 11.3 Å². The van der Waals surface area contributed by atoms with Gasteiger partial charge >= 0.3 is 6.03 Å². The van der Waals surface area contributed by atoms with Crippen LogP contribution in [0.25, 0.3) is 0 Å². The number of furan rings is 1. The Morgan fingerprint density at radius 2 is 2.19 bits per heavy atom. The molecule has 1 saturated heterocycles. The van der Waals surface area contributed by atoms with E-state index in [1.165, 1.54) is 12.1 Å². The zero-order chi connectivity index (χ0) is 18.1. The number of amides is 3. The Bertz CT molecular complexity index is 823. The summed E-state index contributed by atoms with van der Waals surface area (Å²) in [6, 6.07) is 9.16. The number of benzene rings is 1. The molecule has 2 N–H and O–H groups in total. The maximum absolute atomic E-state index is 13.2. The van der Waals surface area contributed by atoms with Crippen LogP contribution in [0.4, 0.5) is 14.9 Å². The van der Waals surface area contributed by atoms with E-state index in [2.05, 4.69) is 10.6 Å². The first kappa shape index (κ1) is 16.6. The first-order valence-corrected chi connectivity index (χ1v) is 8.67. The Kier molecular flexibility index (Phi) is 4.14. The Hall–Kier alpha value is -2.83. The monoisotopic (exact) mass is 357 g/mol.